The highest BCUT2D eigenvalue weighted by Gasteiger charge is 2.18. The van der Waals surface area contributed by atoms with E-state index < -0.39 is 0 Å². The van der Waals surface area contributed by atoms with Crippen LogP contribution in [0.25, 0.3) is 0 Å². The lowest BCUT2D eigenvalue weighted by Gasteiger charge is -2.32. The van der Waals surface area contributed by atoms with Gasteiger partial charge in [0.2, 0.25) is 0 Å². The Hall–Kier alpha value is -0.0800. The van der Waals surface area contributed by atoms with Gasteiger partial charge in [0.05, 0.1) is 0 Å². The molecule has 0 aliphatic carbocycles. The largest absolute Gasteiger partial charge is 0.311 e. The minimum atomic E-state index is 0.619. The molecule has 1 aliphatic rings. The van der Waals surface area contributed by atoms with Crippen LogP contribution in [-0.4, -0.2) is 24.7 Å². The van der Waals surface area contributed by atoms with Gasteiger partial charge in [0.1, 0.15) is 0 Å². The fourth-order valence-electron chi connectivity index (χ4n) is 1.19. The molecule has 3 atom stereocenters. The van der Waals surface area contributed by atoms with Crippen LogP contribution in [0, 0.1) is 0 Å². The second-order valence-electron chi connectivity index (χ2n) is 3.05. The summed E-state index contributed by atoms with van der Waals surface area (Å²) in [4.78, 5) is 0. The van der Waals surface area contributed by atoms with Crippen LogP contribution >= 0.6 is 0 Å². The van der Waals surface area contributed by atoms with Gasteiger partial charge in [-0.05, 0) is 20.8 Å². The summed E-state index contributed by atoms with van der Waals surface area (Å²) in [5, 5.41) is 6.89. The van der Waals surface area contributed by atoms with Gasteiger partial charge in [0.15, 0.2) is 0 Å². The molecule has 2 N–H and O–H groups in total. The first-order chi connectivity index (χ1) is 4.20. The van der Waals surface area contributed by atoms with Gasteiger partial charge in [-0.2, -0.15) is 0 Å². The Bertz CT molecular complexity index is 92.9. The highest BCUT2D eigenvalue weighted by atomic mass is 15.1. The van der Waals surface area contributed by atoms with Crippen molar-refractivity contribution in [2.45, 2.75) is 38.9 Å². The average Bonchev–Trinajstić information content (AvgIpc) is 1.80. The maximum atomic E-state index is 3.47. The van der Waals surface area contributed by atoms with E-state index in [1.54, 1.807) is 0 Å². The monoisotopic (exact) mass is 128 g/mol. The van der Waals surface area contributed by atoms with Crippen LogP contribution in [0.5, 0.6) is 0 Å². The van der Waals surface area contributed by atoms with E-state index in [-0.39, 0.29) is 0 Å². The van der Waals surface area contributed by atoms with Crippen molar-refractivity contribution in [1.82, 2.24) is 10.6 Å². The predicted molar refractivity (Wildman–Crippen MR) is 39.5 cm³/mol. The quantitative estimate of drug-likeness (QED) is 0.492. The average molecular weight is 128 g/mol. The molecule has 1 saturated heterocycles. The molecule has 0 bridgehead atoms. The summed E-state index contributed by atoms with van der Waals surface area (Å²) in [7, 11) is 0. The molecule has 54 valence electrons. The van der Waals surface area contributed by atoms with Crippen molar-refractivity contribution in [3.63, 3.8) is 0 Å². The first-order valence-corrected chi connectivity index (χ1v) is 3.69. The fourth-order valence-corrected chi connectivity index (χ4v) is 1.19. The van der Waals surface area contributed by atoms with E-state index in [2.05, 4.69) is 31.4 Å². The third kappa shape index (κ3) is 1.66. The van der Waals surface area contributed by atoms with Crippen molar-refractivity contribution in [1.29, 1.82) is 0 Å². The predicted octanol–water partition coefficient (Wildman–Crippen LogP) is 0.345. The molecule has 0 aromatic carbocycles. The first kappa shape index (κ1) is 7.03. The van der Waals surface area contributed by atoms with Crippen molar-refractivity contribution < 1.29 is 0 Å². The van der Waals surface area contributed by atoms with Gasteiger partial charge in [0, 0.05) is 24.7 Å². The second-order valence-corrected chi connectivity index (χ2v) is 3.05. The van der Waals surface area contributed by atoms with E-state index in [9.17, 15) is 0 Å². The summed E-state index contributed by atoms with van der Waals surface area (Å²) in [6.07, 6.45) is 0. The Kier molecular flexibility index (Phi) is 2.09. The van der Waals surface area contributed by atoms with Gasteiger partial charge in [-0.25, -0.2) is 0 Å². The highest BCUT2D eigenvalue weighted by molar-refractivity contribution is 4.84. The fraction of sp³-hybridized carbons (Fsp3) is 1.00. The zero-order chi connectivity index (χ0) is 6.85. The molecule has 3 unspecified atom stereocenters. The molecule has 2 heteroatoms. The molecular formula is C7H16N2. The zero-order valence-corrected chi connectivity index (χ0v) is 6.44. The Labute approximate surface area is 57.0 Å². The van der Waals surface area contributed by atoms with E-state index in [0.717, 1.165) is 6.54 Å². The normalized spacial score (nSPS) is 45.0. The molecule has 0 radical (unpaired) electrons. The topological polar surface area (TPSA) is 24.1 Å². The number of piperazine rings is 1. The summed E-state index contributed by atoms with van der Waals surface area (Å²) in [5.74, 6) is 0. The molecular weight excluding hydrogens is 112 g/mol. The lowest BCUT2D eigenvalue weighted by atomic mass is 10.1. The lowest BCUT2D eigenvalue weighted by molar-refractivity contribution is 0.305. The van der Waals surface area contributed by atoms with Gasteiger partial charge in [-0.1, -0.05) is 0 Å². The molecule has 0 aromatic rings. The van der Waals surface area contributed by atoms with Gasteiger partial charge in [0.25, 0.3) is 0 Å². The molecule has 1 aliphatic heterocycles. The van der Waals surface area contributed by atoms with E-state index in [1.807, 2.05) is 0 Å². The van der Waals surface area contributed by atoms with Crippen LogP contribution < -0.4 is 10.6 Å². The lowest BCUT2D eigenvalue weighted by Crippen LogP contribution is -2.57. The molecule has 2 nitrogen and oxygen atoms in total. The molecule has 0 amide bonds. The van der Waals surface area contributed by atoms with Crippen LogP contribution in [0.3, 0.4) is 0 Å². The number of nitrogens with one attached hydrogen (secondary N) is 2. The third-order valence-electron chi connectivity index (χ3n) is 2.04. The minimum absolute atomic E-state index is 0.619. The smallest absolute Gasteiger partial charge is 0.0193 e. The maximum Gasteiger partial charge on any atom is 0.0193 e. The van der Waals surface area contributed by atoms with Crippen LogP contribution in [0.15, 0.2) is 0 Å². The summed E-state index contributed by atoms with van der Waals surface area (Å²) in [6.45, 7) is 7.73. The summed E-state index contributed by atoms with van der Waals surface area (Å²) in [5.41, 5.74) is 0. The molecule has 1 heterocycles. The van der Waals surface area contributed by atoms with Crippen LogP contribution in [0.2, 0.25) is 0 Å². The van der Waals surface area contributed by atoms with E-state index in [4.69, 9.17) is 0 Å². The molecule has 0 spiro atoms. The van der Waals surface area contributed by atoms with Crippen molar-refractivity contribution in [2.24, 2.45) is 0 Å². The maximum absolute atomic E-state index is 3.47. The van der Waals surface area contributed by atoms with Gasteiger partial charge >= 0.3 is 0 Å². The van der Waals surface area contributed by atoms with Crippen LogP contribution in [0.1, 0.15) is 20.8 Å². The van der Waals surface area contributed by atoms with Gasteiger partial charge in [-0.3, -0.25) is 0 Å². The Balaban J connectivity index is 2.35. The molecule has 1 fully saturated rings. The summed E-state index contributed by atoms with van der Waals surface area (Å²) in [6, 6.07) is 1.88. The number of hydrogen-bond acceptors (Lipinski definition) is 2. The molecule has 0 saturated carbocycles. The minimum Gasteiger partial charge on any atom is -0.311 e. The van der Waals surface area contributed by atoms with E-state index in [0.29, 0.717) is 18.1 Å². The van der Waals surface area contributed by atoms with E-state index in [1.165, 1.54) is 0 Å². The highest BCUT2D eigenvalue weighted by Crippen LogP contribution is 1.99. The number of hydrogen-bond donors (Lipinski definition) is 2. The first-order valence-electron chi connectivity index (χ1n) is 3.69. The van der Waals surface area contributed by atoms with Gasteiger partial charge < -0.3 is 10.6 Å². The zero-order valence-electron chi connectivity index (χ0n) is 6.44. The Morgan fingerprint density at radius 2 is 1.78 bits per heavy atom. The van der Waals surface area contributed by atoms with Crippen molar-refractivity contribution in [3.05, 3.63) is 0 Å². The second kappa shape index (κ2) is 2.67. The molecule has 1 rings (SSSR count). The SMILES string of the molecule is CC1CNC(C)C(C)N1. The molecule has 9 heavy (non-hydrogen) atoms. The van der Waals surface area contributed by atoms with Crippen molar-refractivity contribution in [2.75, 3.05) is 6.54 Å². The van der Waals surface area contributed by atoms with Crippen molar-refractivity contribution in [3.8, 4) is 0 Å². The van der Waals surface area contributed by atoms with Crippen LogP contribution in [-0.2, 0) is 0 Å². The number of rotatable bonds is 0. The summed E-state index contributed by atoms with van der Waals surface area (Å²) < 4.78 is 0. The van der Waals surface area contributed by atoms with Gasteiger partial charge in [-0.15, -0.1) is 0 Å². The van der Waals surface area contributed by atoms with Crippen LogP contribution in [0.4, 0.5) is 0 Å². The standard InChI is InChI=1S/C7H16N2/c1-5-4-8-6(2)7(3)9-5/h5-9H,4H2,1-3H3. The third-order valence-corrected chi connectivity index (χ3v) is 2.04. The Morgan fingerprint density at radius 3 is 2.22 bits per heavy atom. The van der Waals surface area contributed by atoms with Crippen molar-refractivity contribution >= 4 is 0 Å². The van der Waals surface area contributed by atoms with E-state index >= 15 is 0 Å². The summed E-state index contributed by atoms with van der Waals surface area (Å²) >= 11 is 0. The Morgan fingerprint density at radius 1 is 1.11 bits per heavy atom. The molecule has 0 aromatic heterocycles.